The van der Waals surface area contributed by atoms with E-state index in [4.69, 9.17) is 11.6 Å². The number of carbonyl (C=O) groups is 1. The van der Waals surface area contributed by atoms with Gasteiger partial charge >= 0.3 is 0 Å². The second-order valence-corrected chi connectivity index (χ2v) is 4.98. The molecule has 17 heavy (non-hydrogen) atoms. The van der Waals surface area contributed by atoms with Crippen molar-refractivity contribution in [1.82, 2.24) is 14.9 Å². The van der Waals surface area contributed by atoms with Gasteiger partial charge in [0.25, 0.3) is 0 Å². The van der Waals surface area contributed by atoms with E-state index >= 15 is 0 Å². The average molecular weight is 256 g/mol. The van der Waals surface area contributed by atoms with E-state index in [-0.39, 0.29) is 5.91 Å². The number of rotatable bonds is 6. The van der Waals surface area contributed by atoms with Crippen molar-refractivity contribution in [3.8, 4) is 0 Å². The van der Waals surface area contributed by atoms with Gasteiger partial charge in [0.05, 0.1) is 6.33 Å². The Balaban J connectivity index is 1.60. The van der Waals surface area contributed by atoms with Gasteiger partial charge < -0.3 is 9.88 Å². The van der Waals surface area contributed by atoms with Crippen molar-refractivity contribution in [2.45, 2.75) is 31.7 Å². The van der Waals surface area contributed by atoms with Gasteiger partial charge in [0.15, 0.2) is 0 Å². The zero-order valence-electron chi connectivity index (χ0n) is 9.81. The summed E-state index contributed by atoms with van der Waals surface area (Å²) in [5.74, 6) is 1.29. The highest BCUT2D eigenvalue weighted by molar-refractivity contribution is 6.17. The number of alkyl halides is 1. The number of nitrogens with one attached hydrogen (secondary N) is 1. The first kappa shape index (κ1) is 12.4. The second-order valence-electron chi connectivity index (χ2n) is 4.60. The fourth-order valence-electron chi connectivity index (χ4n) is 2.17. The molecule has 1 fully saturated rings. The number of hydrogen-bond donors (Lipinski definition) is 1. The van der Waals surface area contributed by atoms with Crippen LogP contribution in [-0.2, 0) is 4.79 Å². The normalized spacial score (nSPS) is 23.1. The molecule has 0 unspecified atom stereocenters. The Bertz CT molecular complexity index is 347. The molecule has 1 saturated carbocycles. The number of amides is 1. The molecule has 1 aromatic heterocycles. The standard InChI is InChI=1S/C12H18ClN3O/c13-3-1-2-12(17)15-8-10-6-11(7-10)16-5-4-14-9-16/h4-5,9-11H,1-3,6-8H2,(H,15,17). The predicted molar refractivity (Wildman–Crippen MR) is 67.0 cm³/mol. The van der Waals surface area contributed by atoms with Gasteiger partial charge in [-0.25, -0.2) is 4.98 Å². The van der Waals surface area contributed by atoms with Gasteiger partial charge in [0.2, 0.25) is 5.91 Å². The molecule has 2 rings (SSSR count). The van der Waals surface area contributed by atoms with E-state index in [0.717, 1.165) is 25.8 Å². The van der Waals surface area contributed by atoms with Gasteiger partial charge in [-0.2, -0.15) is 0 Å². The molecule has 1 aliphatic carbocycles. The topological polar surface area (TPSA) is 46.9 Å². The molecular formula is C12H18ClN3O. The maximum atomic E-state index is 11.4. The monoisotopic (exact) mass is 255 g/mol. The van der Waals surface area contributed by atoms with E-state index < -0.39 is 0 Å². The van der Waals surface area contributed by atoms with Gasteiger partial charge in [-0.3, -0.25) is 4.79 Å². The fraction of sp³-hybridized carbons (Fsp3) is 0.667. The van der Waals surface area contributed by atoms with Crippen molar-refractivity contribution in [1.29, 1.82) is 0 Å². The number of hydrogen-bond acceptors (Lipinski definition) is 2. The SMILES string of the molecule is O=C(CCCCl)NCC1CC(n2ccnc2)C1. The summed E-state index contributed by atoms with van der Waals surface area (Å²) < 4.78 is 2.14. The fourth-order valence-corrected chi connectivity index (χ4v) is 2.30. The third kappa shape index (κ3) is 3.46. The van der Waals surface area contributed by atoms with E-state index in [1.165, 1.54) is 0 Å². The molecule has 1 heterocycles. The molecule has 0 atom stereocenters. The molecule has 1 N–H and O–H groups in total. The van der Waals surface area contributed by atoms with Crippen LogP contribution < -0.4 is 5.32 Å². The molecular weight excluding hydrogens is 238 g/mol. The van der Waals surface area contributed by atoms with E-state index in [1.54, 1.807) is 6.20 Å². The summed E-state index contributed by atoms with van der Waals surface area (Å²) >= 11 is 5.53. The van der Waals surface area contributed by atoms with E-state index in [1.807, 2.05) is 12.5 Å². The highest BCUT2D eigenvalue weighted by Crippen LogP contribution is 2.36. The Morgan fingerprint density at radius 3 is 3.00 bits per heavy atom. The van der Waals surface area contributed by atoms with Crippen LogP contribution in [0.5, 0.6) is 0 Å². The number of nitrogens with zero attached hydrogens (tertiary/aromatic N) is 2. The van der Waals surface area contributed by atoms with Crippen molar-refractivity contribution in [2.24, 2.45) is 5.92 Å². The quantitative estimate of drug-likeness (QED) is 0.790. The van der Waals surface area contributed by atoms with E-state index in [0.29, 0.717) is 24.3 Å². The van der Waals surface area contributed by atoms with Crippen molar-refractivity contribution < 1.29 is 4.79 Å². The number of aromatic nitrogens is 2. The lowest BCUT2D eigenvalue weighted by molar-refractivity contribution is -0.121. The van der Waals surface area contributed by atoms with Crippen molar-refractivity contribution in [3.63, 3.8) is 0 Å². The number of carbonyl (C=O) groups excluding carboxylic acids is 1. The molecule has 0 aliphatic heterocycles. The van der Waals surface area contributed by atoms with Crippen LogP contribution in [0, 0.1) is 5.92 Å². The first-order valence-electron chi connectivity index (χ1n) is 6.09. The highest BCUT2D eigenvalue weighted by atomic mass is 35.5. The Hall–Kier alpha value is -1.03. The first-order chi connectivity index (χ1) is 8.29. The lowest BCUT2D eigenvalue weighted by Crippen LogP contribution is -2.36. The van der Waals surface area contributed by atoms with Gasteiger partial charge in [0, 0.05) is 37.3 Å². The number of halogens is 1. The summed E-state index contributed by atoms with van der Waals surface area (Å²) in [6.07, 6.45) is 9.23. The Morgan fingerprint density at radius 2 is 2.35 bits per heavy atom. The molecule has 1 aromatic rings. The van der Waals surface area contributed by atoms with Crippen LogP contribution in [-0.4, -0.2) is 27.9 Å². The Kier molecular flexibility index (Phi) is 4.42. The molecule has 1 aliphatic rings. The van der Waals surface area contributed by atoms with Crippen LogP contribution in [0.1, 0.15) is 31.7 Å². The third-order valence-electron chi connectivity index (χ3n) is 3.28. The zero-order valence-corrected chi connectivity index (χ0v) is 10.6. The minimum absolute atomic E-state index is 0.122. The van der Waals surface area contributed by atoms with Gasteiger partial charge in [-0.1, -0.05) is 0 Å². The highest BCUT2D eigenvalue weighted by Gasteiger charge is 2.29. The Labute approximate surface area is 106 Å². The van der Waals surface area contributed by atoms with E-state index in [2.05, 4.69) is 14.9 Å². The lowest BCUT2D eigenvalue weighted by Gasteiger charge is -2.36. The van der Waals surface area contributed by atoms with Crippen LogP contribution in [0.2, 0.25) is 0 Å². The zero-order chi connectivity index (χ0) is 12.1. The molecule has 94 valence electrons. The lowest BCUT2D eigenvalue weighted by atomic mass is 9.80. The van der Waals surface area contributed by atoms with Crippen LogP contribution in [0.4, 0.5) is 0 Å². The second kappa shape index (κ2) is 6.05. The molecule has 1 amide bonds. The summed E-state index contributed by atoms with van der Waals surface area (Å²) in [5.41, 5.74) is 0. The minimum atomic E-state index is 0.122. The largest absolute Gasteiger partial charge is 0.356 e. The van der Waals surface area contributed by atoms with Crippen LogP contribution in [0.25, 0.3) is 0 Å². The molecule has 5 heteroatoms. The van der Waals surface area contributed by atoms with Gasteiger partial charge in [-0.05, 0) is 25.2 Å². The average Bonchev–Trinajstić information content (AvgIpc) is 2.77. The maximum absolute atomic E-state index is 11.4. The molecule has 4 nitrogen and oxygen atoms in total. The summed E-state index contributed by atoms with van der Waals surface area (Å²) in [4.78, 5) is 15.4. The molecule has 0 bridgehead atoms. The smallest absolute Gasteiger partial charge is 0.220 e. The molecule has 0 spiro atoms. The van der Waals surface area contributed by atoms with Crippen LogP contribution in [0.15, 0.2) is 18.7 Å². The van der Waals surface area contributed by atoms with Gasteiger partial charge in [-0.15, -0.1) is 11.6 Å². The van der Waals surface area contributed by atoms with Crippen molar-refractivity contribution >= 4 is 17.5 Å². The third-order valence-corrected chi connectivity index (χ3v) is 3.55. The van der Waals surface area contributed by atoms with E-state index in [9.17, 15) is 4.79 Å². The number of imidazole rings is 1. The Morgan fingerprint density at radius 1 is 1.53 bits per heavy atom. The predicted octanol–water partition coefficient (Wildman–Crippen LogP) is 1.97. The maximum Gasteiger partial charge on any atom is 0.220 e. The molecule has 0 radical (unpaired) electrons. The first-order valence-corrected chi connectivity index (χ1v) is 6.63. The molecule has 0 saturated heterocycles. The van der Waals surface area contributed by atoms with Gasteiger partial charge in [0.1, 0.15) is 0 Å². The summed E-state index contributed by atoms with van der Waals surface area (Å²) in [7, 11) is 0. The minimum Gasteiger partial charge on any atom is -0.356 e. The van der Waals surface area contributed by atoms with Crippen LogP contribution >= 0.6 is 11.6 Å². The van der Waals surface area contributed by atoms with Crippen molar-refractivity contribution in [3.05, 3.63) is 18.7 Å². The summed E-state index contributed by atoms with van der Waals surface area (Å²) in [6, 6.07) is 0.572. The van der Waals surface area contributed by atoms with Crippen molar-refractivity contribution in [2.75, 3.05) is 12.4 Å². The molecule has 0 aromatic carbocycles. The summed E-state index contributed by atoms with van der Waals surface area (Å²) in [6.45, 7) is 0.798. The van der Waals surface area contributed by atoms with Crippen LogP contribution in [0.3, 0.4) is 0 Å². The summed E-state index contributed by atoms with van der Waals surface area (Å²) in [5, 5.41) is 2.96.